The van der Waals surface area contributed by atoms with Crippen molar-refractivity contribution in [3.8, 4) is 33.4 Å². The molecule has 9 aromatic rings. The molecule has 0 fully saturated rings. The lowest BCUT2D eigenvalue weighted by atomic mass is 9.93. The molecule has 0 N–H and O–H groups in total. The molecular formula is C66H50N2. The average molecular weight is 871 g/mol. The van der Waals surface area contributed by atoms with Crippen molar-refractivity contribution >= 4 is 55.6 Å². The Morgan fingerprint density at radius 3 is 1.82 bits per heavy atom. The quantitative estimate of drug-likeness (QED) is 0.140. The minimum Gasteiger partial charge on any atom is -0.313 e. The van der Waals surface area contributed by atoms with Crippen LogP contribution in [0.1, 0.15) is 41.6 Å². The second kappa shape index (κ2) is 18.1. The second-order valence-corrected chi connectivity index (χ2v) is 17.9. The zero-order valence-electron chi connectivity index (χ0n) is 38.0. The van der Waals surface area contributed by atoms with Crippen molar-refractivity contribution in [3.63, 3.8) is 0 Å². The first-order chi connectivity index (χ1) is 33.7. The van der Waals surface area contributed by atoms with Crippen molar-refractivity contribution in [1.29, 1.82) is 0 Å². The van der Waals surface area contributed by atoms with Gasteiger partial charge < -0.3 is 9.47 Å². The first kappa shape index (κ1) is 41.0. The molecule has 0 saturated carbocycles. The van der Waals surface area contributed by atoms with E-state index in [-0.39, 0.29) is 0 Å². The van der Waals surface area contributed by atoms with Crippen LogP contribution in [0.15, 0.2) is 255 Å². The fourth-order valence-electron chi connectivity index (χ4n) is 10.3. The van der Waals surface area contributed by atoms with E-state index in [2.05, 4.69) is 264 Å². The van der Waals surface area contributed by atoms with Crippen LogP contribution in [0.2, 0.25) is 0 Å². The molecule has 3 aliphatic rings. The van der Waals surface area contributed by atoms with E-state index in [1.165, 1.54) is 94.3 Å². The van der Waals surface area contributed by atoms with Gasteiger partial charge in [-0.1, -0.05) is 188 Å². The van der Waals surface area contributed by atoms with Crippen LogP contribution in [0.4, 0.5) is 17.1 Å². The van der Waals surface area contributed by atoms with Crippen molar-refractivity contribution in [3.05, 3.63) is 277 Å². The van der Waals surface area contributed by atoms with Gasteiger partial charge in [0.15, 0.2) is 0 Å². The third-order valence-electron chi connectivity index (χ3n) is 13.6. The third-order valence-corrected chi connectivity index (χ3v) is 13.6. The van der Waals surface area contributed by atoms with Gasteiger partial charge in [0, 0.05) is 45.8 Å². The molecule has 0 atom stereocenters. The molecule has 1 heterocycles. The highest BCUT2D eigenvalue weighted by Crippen LogP contribution is 2.45. The Labute approximate surface area is 399 Å². The summed E-state index contributed by atoms with van der Waals surface area (Å²) < 4.78 is 2.53. The number of rotatable bonds is 9. The zero-order chi connectivity index (χ0) is 45.2. The minimum atomic E-state index is 0.841. The molecule has 1 aromatic heterocycles. The molecule has 2 heteroatoms. The first-order valence-electron chi connectivity index (χ1n) is 23.9. The Balaban J connectivity index is 1.04. The summed E-state index contributed by atoms with van der Waals surface area (Å²) in [7, 11) is 0. The minimum absolute atomic E-state index is 0.841. The second-order valence-electron chi connectivity index (χ2n) is 17.9. The van der Waals surface area contributed by atoms with E-state index in [1.54, 1.807) is 0 Å². The summed E-state index contributed by atoms with van der Waals surface area (Å²) in [6, 6.07) is 69.4. The third kappa shape index (κ3) is 7.91. The largest absolute Gasteiger partial charge is 0.313 e. The predicted octanol–water partition coefficient (Wildman–Crippen LogP) is 17.9. The van der Waals surface area contributed by atoms with Crippen molar-refractivity contribution < 1.29 is 0 Å². The Morgan fingerprint density at radius 1 is 0.397 bits per heavy atom. The molecule has 0 spiro atoms. The lowest BCUT2D eigenvalue weighted by Gasteiger charge is -2.28. The fraction of sp³-hybridized carbons (Fsp3) is 0.0606. The first-order valence-corrected chi connectivity index (χ1v) is 23.9. The molecule has 0 radical (unpaired) electrons. The van der Waals surface area contributed by atoms with Crippen LogP contribution in [-0.4, -0.2) is 4.57 Å². The number of allylic oxidation sites excluding steroid dienone is 13. The molecule has 12 rings (SSSR count). The summed E-state index contributed by atoms with van der Waals surface area (Å²) in [6.07, 6.45) is 28.7. The van der Waals surface area contributed by atoms with E-state index in [0.717, 1.165) is 42.7 Å². The van der Waals surface area contributed by atoms with Crippen molar-refractivity contribution in [2.45, 2.75) is 25.7 Å². The van der Waals surface area contributed by atoms with Gasteiger partial charge in [0.05, 0.1) is 5.52 Å². The van der Waals surface area contributed by atoms with Crippen LogP contribution in [0.3, 0.4) is 0 Å². The van der Waals surface area contributed by atoms with E-state index in [9.17, 15) is 0 Å². The van der Waals surface area contributed by atoms with E-state index in [0.29, 0.717) is 0 Å². The monoisotopic (exact) mass is 870 g/mol. The van der Waals surface area contributed by atoms with Crippen LogP contribution < -0.4 is 4.90 Å². The van der Waals surface area contributed by atoms with Gasteiger partial charge in [0.1, 0.15) is 0 Å². The van der Waals surface area contributed by atoms with Gasteiger partial charge >= 0.3 is 0 Å². The summed E-state index contributed by atoms with van der Waals surface area (Å²) in [6.45, 7) is 0. The van der Waals surface area contributed by atoms with Crippen molar-refractivity contribution in [2.24, 2.45) is 0 Å². The molecule has 324 valence electrons. The number of hydrogen-bond acceptors (Lipinski definition) is 1. The topological polar surface area (TPSA) is 8.17 Å². The predicted molar refractivity (Wildman–Crippen MR) is 290 cm³/mol. The lowest BCUT2D eigenvalue weighted by molar-refractivity contribution is 0.978. The highest BCUT2D eigenvalue weighted by atomic mass is 15.1. The Morgan fingerprint density at radius 2 is 1.04 bits per heavy atom. The Kier molecular flexibility index (Phi) is 10.9. The van der Waals surface area contributed by atoms with Crippen LogP contribution in [0.5, 0.6) is 0 Å². The van der Waals surface area contributed by atoms with E-state index >= 15 is 0 Å². The summed E-state index contributed by atoms with van der Waals surface area (Å²) in [5.41, 5.74) is 20.5. The maximum Gasteiger partial charge on any atom is 0.0544 e. The summed E-state index contributed by atoms with van der Waals surface area (Å²) in [5, 5.41) is 3.79. The lowest BCUT2D eigenvalue weighted by Crippen LogP contribution is -2.11. The molecule has 3 aliphatic carbocycles. The molecule has 0 saturated heterocycles. The standard InChI is InChI=1S/C66H50N2/c1-2-7-23-48(22-6-1)56-41-57(49-24-10-4-11-25-49)44-61(43-56)67(59-38-36-50(37-39-59)52-29-18-28-51(40-52)47-20-8-3-9-21-47)60-33-19-30-55(42-60)62-34-16-17-35-64-66(62)63-45-53-26-14-15-27-54(53)46-65(63)68(64)58-31-12-5-13-32-58/h1-4,6-12,14-22,24-34,36-46H,5,13,23,35H2. The van der Waals surface area contributed by atoms with Crippen LogP contribution in [0, 0.1) is 0 Å². The van der Waals surface area contributed by atoms with Crippen LogP contribution in [-0.2, 0) is 6.42 Å². The summed E-state index contributed by atoms with van der Waals surface area (Å²) >= 11 is 0. The Bertz CT molecular complexity index is 3590. The van der Waals surface area contributed by atoms with Gasteiger partial charge in [0.25, 0.3) is 0 Å². The normalized spacial score (nSPS) is 14.3. The van der Waals surface area contributed by atoms with Crippen LogP contribution >= 0.6 is 0 Å². The van der Waals surface area contributed by atoms with Gasteiger partial charge in [-0.15, -0.1) is 0 Å². The summed E-state index contributed by atoms with van der Waals surface area (Å²) in [5.74, 6) is 0. The molecule has 8 aromatic carbocycles. The van der Waals surface area contributed by atoms with Gasteiger partial charge in [-0.05, 0) is 152 Å². The molecular weight excluding hydrogens is 821 g/mol. The molecule has 68 heavy (non-hydrogen) atoms. The number of hydrogen-bond donors (Lipinski definition) is 0. The SMILES string of the molecule is C1=CC=C(c2cc(-c3ccccc3)cc(N(c3ccc(-c4cccc(-c5ccccc5)c4)cc3)c3cccc(C4=CC=CCc5c4c4cc6ccccc6cc4n5C4=CCCC=C4)c3)c2)CC=C1. The summed E-state index contributed by atoms with van der Waals surface area (Å²) in [4.78, 5) is 2.45. The average Bonchev–Trinajstić information content (AvgIpc) is 3.62. The number of benzene rings is 8. The number of aromatic nitrogens is 1. The molecule has 0 aliphatic heterocycles. The fourth-order valence-corrected chi connectivity index (χ4v) is 10.3. The number of fused-ring (bicyclic) bond motifs is 4. The molecule has 0 unspecified atom stereocenters. The highest BCUT2D eigenvalue weighted by Gasteiger charge is 2.25. The maximum atomic E-state index is 2.53. The number of nitrogens with zero attached hydrogens (tertiary/aromatic N) is 2. The van der Waals surface area contributed by atoms with Crippen molar-refractivity contribution in [1.82, 2.24) is 4.57 Å². The smallest absolute Gasteiger partial charge is 0.0544 e. The van der Waals surface area contributed by atoms with Gasteiger partial charge in [-0.25, -0.2) is 0 Å². The maximum absolute atomic E-state index is 2.53. The molecule has 0 amide bonds. The molecule has 2 nitrogen and oxygen atoms in total. The van der Waals surface area contributed by atoms with Gasteiger partial charge in [-0.3, -0.25) is 0 Å². The van der Waals surface area contributed by atoms with E-state index in [4.69, 9.17) is 0 Å². The van der Waals surface area contributed by atoms with Crippen LogP contribution in [0.25, 0.3) is 71.9 Å². The zero-order valence-corrected chi connectivity index (χ0v) is 38.0. The highest BCUT2D eigenvalue weighted by molar-refractivity contribution is 6.07. The number of anilines is 3. The van der Waals surface area contributed by atoms with Crippen molar-refractivity contribution in [2.75, 3.05) is 4.90 Å². The van der Waals surface area contributed by atoms with E-state index in [1.807, 2.05) is 0 Å². The Hall–Kier alpha value is -8.46. The van der Waals surface area contributed by atoms with Gasteiger partial charge in [-0.2, -0.15) is 0 Å². The van der Waals surface area contributed by atoms with Gasteiger partial charge in [0.2, 0.25) is 0 Å². The van der Waals surface area contributed by atoms with E-state index < -0.39 is 0 Å². The molecule has 0 bridgehead atoms.